The van der Waals surface area contributed by atoms with Gasteiger partial charge in [-0.3, -0.25) is 4.79 Å². The molecule has 1 N–H and O–H groups in total. The van der Waals surface area contributed by atoms with Crippen molar-refractivity contribution in [3.63, 3.8) is 0 Å². The Kier molecular flexibility index (Phi) is 5.70. The minimum atomic E-state index is -0.161. The summed E-state index contributed by atoms with van der Waals surface area (Å²) in [4.78, 5) is 22.3. The van der Waals surface area contributed by atoms with E-state index in [9.17, 15) is 4.79 Å². The van der Waals surface area contributed by atoms with Crippen molar-refractivity contribution in [1.82, 2.24) is 14.9 Å². The molecular formula is C21H21N5O2. The van der Waals surface area contributed by atoms with Crippen molar-refractivity contribution in [2.75, 3.05) is 11.9 Å². The first kappa shape index (κ1) is 19.1. The summed E-state index contributed by atoms with van der Waals surface area (Å²) in [7, 11) is 0. The Hall–Kier alpha value is -3.66. The molecule has 1 aliphatic heterocycles. The van der Waals surface area contributed by atoms with Crippen LogP contribution in [0.1, 0.15) is 24.7 Å². The van der Waals surface area contributed by atoms with E-state index in [4.69, 9.17) is 9.68 Å². The molecule has 3 heterocycles. The smallest absolute Gasteiger partial charge is 0.237 e. The molecule has 0 saturated carbocycles. The lowest BCUT2D eigenvalue weighted by atomic mass is 10.1. The number of fused-ring (bicyclic) bond motifs is 1. The fourth-order valence-corrected chi connectivity index (χ4v) is 2.84. The number of allylic oxidation sites excluding steroid dienone is 3. The molecule has 0 fully saturated rings. The third-order valence-electron chi connectivity index (χ3n) is 4.20. The van der Waals surface area contributed by atoms with Gasteiger partial charge in [0.1, 0.15) is 17.9 Å². The van der Waals surface area contributed by atoms with Crippen molar-refractivity contribution in [3.05, 3.63) is 66.2 Å². The van der Waals surface area contributed by atoms with E-state index in [1.807, 2.05) is 25.1 Å². The number of amides is 1. The topological polar surface area (TPSA) is 95.0 Å². The highest BCUT2D eigenvalue weighted by Crippen LogP contribution is 2.29. The van der Waals surface area contributed by atoms with Gasteiger partial charge in [0.05, 0.1) is 6.07 Å². The van der Waals surface area contributed by atoms with Gasteiger partial charge in [-0.2, -0.15) is 5.26 Å². The number of furan rings is 1. The van der Waals surface area contributed by atoms with Crippen LogP contribution in [0.25, 0.3) is 11.5 Å². The third kappa shape index (κ3) is 4.54. The molecule has 1 amide bonds. The van der Waals surface area contributed by atoms with Crippen molar-refractivity contribution in [3.8, 4) is 17.5 Å². The standard InChI is InChI=1S/C21H21N5O2/c1-14(2)4-5-15(3)24-21-23-10-7-17(25-21)19-12-16-13-26(20(27)6-9-22)11-8-18(16)28-19/h4-5,7,10,12H,1,3,6,8,11,13H2,2H3,(H,23,24,25)/b5-4-. The number of carbonyl (C=O) groups is 1. The summed E-state index contributed by atoms with van der Waals surface area (Å²) in [6.45, 7) is 10.6. The molecule has 0 atom stereocenters. The minimum absolute atomic E-state index is 0.106. The van der Waals surface area contributed by atoms with Crippen molar-refractivity contribution < 1.29 is 9.21 Å². The van der Waals surface area contributed by atoms with E-state index in [0.717, 1.165) is 16.9 Å². The van der Waals surface area contributed by atoms with E-state index >= 15 is 0 Å². The highest BCUT2D eigenvalue weighted by Gasteiger charge is 2.24. The predicted molar refractivity (Wildman–Crippen MR) is 106 cm³/mol. The first-order valence-corrected chi connectivity index (χ1v) is 8.85. The molecule has 0 radical (unpaired) electrons. The lowest BCUT2D eigenvalue weighted by Crippen LogP contribution is -2.35. The van der Waals surface area contributed by atoms with Gasteiger partial charge in [-0.05, 0) is 25.1 Å². The average molecular weight is 375 g/mol. The summed E-state index contributed by atoms with van der Waals surface area (Å²) in [5.41, 5.74) is 3.14. The van der Waals surface area contributed by atoms with E-state index in [2.05, 4.69) is 28.4 Å². The van der Waals surface area contributed by atoms with Crippen LogP contribution in [-0.2, 0) is 17.8 Å². The van der Waals surface area contributed by atoms with Crippen LogP contribution >= 0.6 is 0 Å². The molecule has 1 aliphatic rings. The molecule has 0 bridgehead atoms. The Balaban J connectivity index is 1.75. The molecule has 3 rings (SSSR count). The second kappa shape index (κ2) is 8.35. The zero-order valence-corrected chi connectivity index (χ0v) is 15.7. The molecule has 2 aromatic rings. The van der Waals surface area contributed by atoms with Crippen molar-refractivity contribution in [1.29, 1.82) is 5.26 Å². The predicted octanol–water partition coefficient (Wildman–Crippen LogP) is 3.59. The van der Waals surface area contributed by atoms with Gasteiger partial charge >= 0.3 is 0 Å². The number of carbonyl (C=O) groups excluding carboxylic acids is 1. The molecule has 2 aromatic heterocycles. The Labute approximate surface area is 163 Å². The number of nitrogens with one attached hydrogen (secondary N) is 1. The summed E-state index contributed by atoms with van der Waals surface area (Å²) < 4.78 is 5.95. The lowest BCUT2D eigenvalue weighted by Gasteiger charge is -2.25. The van der Waals surface area contributed by atoms with Crippen LogP contribution in [0.4, 0.5) is 5.95 Å². The summed E-state index contributed by atoms with van der Waals surface area (Å²) >= 11 is 0. The number of hydrogen-bond acceptors (Lipinski definition) is 6. The second-order valence-corrected chi connectivity index (χ2v) is 6.55. The number of hydrogen-bond donors (Lipinski definition) is 1. The van der Waals surface area contributed by atoms with Crippen molar-refractivity contribution in [2.24, 2.45) is 0 Å². The summed E-state index contributed by atoms with van der Waals surface area (Å²) in [5.74, 6) is 1.71. The maximum atomic E-state index is 12.0. The molecule has 0 aromatic carbocycles. The molecule has 0 aliphatic carbocycles. The molecule has 7 nitrogen and oxygen atoms in total. The summed E-state index contributed by atoms with van der Waals surface area (Å²) in [6.07, 6.45) is 5.80. The monoisotopic (exact) mass is 375 g/mol. The van der Waals surface area contributed by atoms with Crippen LogP contribution in [0.15, 0.2) is 59.3 Å². The van der Waals surface area contributed by atoms with Gasteiger partial charge in [0.15, 0.2) is 5.76 Å². The van der Waals surface area contributed by atoms with Gasteiger partial charge in [0, 0.05) is 37.0 Å². The normalized spacial score (nSPS) is 13.1. The molecular weight excluding hydrogens is 354 g/mol. The van der Waals surface area contributed by atoms with Gasteiger partial charge in [-0.15, -0.1) is 0 Å². The maximum absolute atomic E-state index is 12.0. The minimum Gasteiger partial charge on any atom is -0.459 e. The van der Waals surface area contributed by atoms with E-state index in [1.165, 1.54) is 0 Å². The Morgan fingerprint density at radius 3 is 3.04 bits per heavy atom. The Morgan fingerprint density at radius 1 is 1.46 bits per heavy atom. The fourth-order valence-electron chi connectivity index (χ4n) is 2.84. The largest absolute Gasteiger partial charge is 0.459 e. The maximum Gasteiger partial charge on any atom is 0.237 e. The van der Waals surface area contributed by atoms with Gasteiger partial charge in [-0.1, -0.05) is 24.8 Å². The van der Waals surface area contributed by atoms with Crippen LogP contribution in [0.2, 0.25) is 0 Å². The number of nitrogens with zero attached hydrogens (tertiary/aromatic N) is 4. The van der Waals surface area contributed by atoms with E-state index < -0.39 is 0 Å². The third-order valence-corrected chi connectivity index (χ3v) is 4.20. The van der Waals surface area contributed by atoms with Crippen molar-refractivity contribution >= 4 is 11.9 Å². The van der Waals surface area contributed by atoms with Crippen LogP contribution in [0.3, 0.4) is 0 Å². The fraction of sp³-hybridized carbons (Fsp3) is 0.238. The van der Waals surface area contributed by atoms with Crippen molar-refractivity contribution in [2.45, 2.75) is 26.3 Å². The molecule has 142 valence electrons. The molecule has 0 unspecified atom stereocenters. The highest BCUT2D eigenvalue weighted by atomic mass is 16.3. The van der Waals surface area contributed by atoms with Crippen LogP contribution in [-0.4, -0.2) is 27.3 Å². The van der Waals surface area contributed by atoms with E-state index in [0.29, 0.717) is 42.6 Å². The average Bonchev–Trinajstić information content (AvgIpc) is 3.10. The zero-order valence-electron chi connectivity index (χ0n) is 15.7. The summed E-state index contributed by atoms with van der Waals surface area (Å²) in [6, 6.07) is 5.56. The molecule has 0 spiro atoms. The number of nitriles is 1. The quantitative estimate of drug-likeness (QED) is 0.775. The highest BCUT2D eigenvalue weighted by molar-refractivity contribution is 5.78. The number of aromatic nitrogens is 2. The first-order chi connectivity index (χ1) is 13.5. The Morgan fingerprint density at radius 2 is 2.29 bits per heavy atom. The zero-order chi connectivity index (χ0) is 20.1. The number of rotatable bonds is 6. The van der Waals surface area contributed by atoms with Gasteiger partial charge in [-0.25, -0.2) is 9.97 Å². The Bertz CT molecular complexity index is 996. The molecule has 0 saturated heterocycles. The van der Waals surface area contributed by atoms with Crippen LogP contribution in [0.5, 0.6) is 0 Å². The SMILES string of the molecule is C=C(C)/C=C\C(=C)Nc1nccc(-c2cc3c(o2)CCN(C(=O)CC#N)C3)n1. The van der Waals surface area contributed by atoms with Gasteiger partial charge < -0.3 is 14.6 Å². The second-order valence-electron chi connectivity index (χ2n) is 6.55. The lowest BCUT2D eigenvalue weighted by molar-refractivity contribution is -0.131. The van der Waals surface area contributed by atoms with Gasteiger partial charge in [0.2, 0.25) is 11.9 Å². The summed E-state index contributed by atoms with van der Waals surface area (Å²) in [5, 5.41) is 11.7. The van der Waals surface area contributed by atoms with E-state index in [1.54, 1.807) is 23.2 Å². The number of anilines is 1. The van der Waals surface area contributed by atoms with Gasteiger partial charge in [0.25, 0.3) is 0 Å². The van der Waals surface area contributed by atoms with Crippen LogP contribution < -0.4 is 5.32 Å². The first-order valence-electron chi connectivity index (χ1n) is 8.85. The molecule has 28 heavy (non-hydrogen) atoms. The van der Waals surface area contributed by atoms with E-state index in [-0.39, 0.29) is 12.3 Å². The van der Waals surface area contributed by atoms with Crippen LogP contribution in [0, 0.1) is 11.3 Å². The molecule has 7 heteroatoms.